The Balaban J connectivity index is 2.04. The van der Waals surface area contributed by atoms with Crippen molar-refractivity contribution in [2.75, 3.05) is 0 Å². The molecule has 3 rings (SSSR count). The highest BCUT2D eigenvalue weighted by molar-refractivity contribution is 9.15. The average molecular weight is 324 g/mol. The van der Waals surface area contributed by atoms with Crippen molar-refractivity contribution in [1.82, 2.24) is 0 Å². The van der Waals surface area contributed by atoms with Crippen LogP contribution in [-0.2, 0) is 6.42 Å². The van der Waals surface area contributed by atoms with Crippen LogP contribution in [0.3, 0.4) is 0 Å². The first kappa shape index (κ1) is 12.8. The monoisotopic (exact) mass is 323 g/mol. The molecule has 0 N–H and O–H groups in total. The molecule has 0 aliphatic heterocycles. The van der Waals surface area contributed by atoms with Gasteiger partial charge in [0.25, 0.3) is 0 Å². The summed E-state index contributed by atoms with van der Waals surface area (Å²) in [5.74, 6) is 0.0804. The number of nitriles is 1. The molecule has 96 valence electrons. The van der Waals surface area contributed by atoms with Gasteiger partial charge in [-0.2, -0.15) is 5.26 Å². The fourth-order valence-corrected chi connectivity index (χ4v) is 2.96. The lowest BCUT2D eigenvalue weighted by molar-refractivity contribution is 0.104. The largest absolute Gasteiger partial charge is 0.289 e. The maximum Gasteiger partial charge on any atom is 0.190 e. The first-order chi connectivity index (χ1) is 9.70. The minimum absolute atomic E-state index is 0.0804. The number of hydrogen-bond donors (Lipinski definition) is 0. The minimum atomic E-state index is 0.0804. The van der Waals surface area contributed by atoms with E-state index in [2.05, 4.69) is 22.0 Å². The summed E-state index contributed by atoms with van der Waals surface area (Å²) < 4.78 is 0.809. The molecular weight excluding hydrogens is 314 g/mol. The van der Waals surface area contributed by atoms with Crippen molar-refractivity contribution in [3.05, 3.63) is 76.4 Å². The molecule has 2 aromatic carbocycles. The van der Waals surface area contributed by atoms with E-state index in [1.807, 2.05) is 36.4 Å². The van der Waals surface area contributed by atoms with Crippen molar-refractivity contribution < 1.29 is 4.79 Å². The Morgan fingerprint density at radius 2 is 1.80 bits per heavy atom. The first-order valence-electron chi connectivity index (χ1n) is 6.22. The van der Waals surface area contributed by atoms with E-state index in [0.717, 1.165) is 26.7 Å². The smallest absolute Gasteiger partial charge is 0.190 e. The Morgan fingerprint density at radius 3 is 2.45 bits per heavy atom. The van der Waals surface area contributed by atoms with Crippen LogP contribution < -0.4 is 0 Å². The fraction of sp³-hybridized carbons (Fsp3) is 0.0588. The number of carbonyl (C=O) groups is 1. The van der Waals surface area contributed by atoms with Crippen LogP contribution in [0.4, 0.5) is 0 Å². The highest BCUT2D eigenvalue weighted by atomic mass is 79.9. The number of hydrogen-bond acceptors (Lipinski definition) is 2. The van der Waals surface area contributed by atoms with Crippen molar-refractivity contribution >= 4 is 26.2 Å². The Hall–Kier alpha value is -2.18. The number of carbonyl (C=O) groups excluding carboxylic acids is 1. The summed E-state index contributed by atoms with van der Waals surface area (Å²) in [6, 6.07) is 17.0. The molecule has 0 amide bonds. The maximum absolute atomic E-state index is 12.4. The van der Waals surface area contributed by atoms with Crippen LogP contribution in [0.25, 0.3) is 4.48 Å². The number of halogens is 1. The van der Waals surface area contributed by atoms with Crippen molar-refractivity contribution in [2.24, 2.45) is 0 Å². The van der Waals surface area contributed by atoms with E-state index in [1.165, 1.54) is 0 Å². The van der Waals surface area contributed by atoms with Crippen LogP contribution in [-0.4, -0.2) is 5.78 Å². The third-order valence-electron chi connectivity index (χ3n) is 3.44. The van der Waals surface area contributed by atoms with E-state index in [-0.39, 0.29) is 5.78 Å². The van der Waals surface area contributed by atoms with Gasteiger partial charge in [0.15, 0.2) is 5.78 Å². The van der Waals surface area contributed by atoms with Crippen LogP contribution in [0.15, 0.2) is 54.1 Å². The van der Waals surface area contributed by atoms with E-state index in [9.17, 15) is 4.79 Å². The molecular formula is C17H10BrNO. The lowest BCUT2D eigenvalue weighted by Gasteiger charge is -2.03. The molecule has 0 unspecified atom stereocenters. The lowest BCUT2D eigenvalue weighted by Crippen LogP contribution is -1.97. The SMILES string of the molecule is N#Cc1ccc(C(Br)=C2Cc3ccccc3C2=O)cc1. The number of benzene rings is 2. The van der Waals surface area contributed by atoms with Crippen LogP contribution in [0.1, 0.15) is 27.0 Å². The van der Waals surface area contributed by atoms with Crippen molar-refractivity contribution in [1.29, 1.82) is 5.26 Å². The van der Waals surface area contributed by atoms with Gasteiger partial charge >= 0.3 is 0 Å². The number of ketones is 1. The zero-order chi connectivity index (χ0) is 14.1. The van der Waals surface area contributed by atoms with Gasteiger partial charge in [0.1, 0.15) is 0 Å². The number of nitrogens with zero attached hydrogens (tertiary/aromatic N) is 1. The third-order valence-corrected chi connectivity index (χ3v) is 4.37. The normalized spacial score (nSPS) is 15.7. The van der Waals surface area contributed by atoms with Crippen LogP contribution >= 0.6 is 15.9 Å². The van der Waals surface area contributed by atoms with E-state index < -0.39 is 0 Å². The second-order valence-electron chi connectivity index (χ2n) is 4.64. The number of rotatable bonds is 1. The Labute approximate surface area is 125 Å². The Kier molecular flexibility index (Phi) is 3.25. The zero-order valence-electron chi connectivity index (χ0n) is 10.6. The Bertz CT molecular complexity index is 766. The standard InChI is InChI=1S/C17H10BrNO/c18-16(12-7-5-11(10-19)6-8-12)15-9-13-3-1-2-4-14(13)17(15)20/h1-8H,9H2. The third kappa shape index (κ3) is 2.09. The van der Waals surface area contributed by atoms with Crippen molar-refractivity contribution in [3.8, 4) is 6.07 Å². The van der Waals surface area contributed by atoms with E-state index >= 15 is 0 Å². The minimum Gasteiger partial charge on any atom is -0.289 e. The summed E-state index contributed by atoms with van der Waals surface area (Å²) in [7, 11) is 0. The van der Waals surface area contributed by atoms with Gasteiger partial charge in [0.05, 0.1) is 11.6 Å². The molecule has 0 heterocycles. The molecule has 0 bridgehead atoms. The molecule has 3 heteroatoms. The van der Waals surface area contributed by atoms with Gasteiger partial charge in [-0.25, -0.2) is 0 Å². The van der Waals surface area contributed by atoms with Crippen molar-refractivity contribution in [2.45, 2.75) is 6.42 Å². The number of fused-ring (bicyclic) bond motifs is 1. The molecule has 0 saturated heterocycles. The van der Waals surface area contributed by atoms with Crippen LogP contribution in [0, 0.1) is 11.3 Å². The Morgan fingerprint density at radius 1 is 1.10 bits per heavy atom. The van der Waals surface area contributed by atoms with Gasteiger partial charge in [-0.05, 0) is 39.2 Å². The first-order valence-corrected chi connectivity index (χ1v) is 7.02. The molecule has 0 atom stereocenters. The second-order valence-corrected chi connectivity index (χ2v) is 5.44. The molecule has 2 aromatic rings. The van der Waals surface area contributed by atoms with Gasteiger partial charge in [-0.3, -0.25) is 4.79 Å². The predicted octanol–water partition coefficient (Wildman–Crippen LogP) is 4.10. The molecule has 1 aliphatic carbocycles. The van der Waals surface area contributed by atoms with Gasteiger partial charge in [-0.15, -0.1) is 0 Å². The van der Waals surface area contributed by atoms with Gasteiger partial charge in [0, 0.05) is 22.0 Å². The summed E-state index contributed by atoms with van der Waals surface area (Å²) in [5.41, 5.74) is 4.15. The average Bonchev–Trinajstić information content (AvgIpc) is 2.84. The van der Waals surface area contributed by atoms with Gasteiger partial charge in [-0.1, -0.05) is 36.4 Å². The molecule has 0 aromatic heterocycles. The number of Topliss-reactive ketones (excluding diaryl/α,β-unsaturated/α-hetero) is 1. The summed E-state index contributed by atoms with van der Waals surface area (Å²) in [6.45, 7) is 0. The summed E-state index contributed by atoms with van der Waals surface area (Å²) in [6.07, 6.45) is 0.648. The summed E-state index contributed by atoms with van der Waals surface area (Å²) in [5, 5.41) is 8.81. The molecule has 0 fully saturated rings. The topological polar surface area (TPSA) is 40.9 Å². The fourth-order valence-electron chi connectivity index (χ4n) is 2.37. The van der Waals surface area contributed by atoms with Crippen LogP contribution in [0.5, 0.6) is 0 Å². The van der Waals surface area contributed by atoms with E-state index in [1.54, 1.807) is 12.1 Å². The predicted molar refractivity (Wildman–Crippen MR) is 81.5 cm³/mol. The van der Waals surface area contributed by atoms with E-state index in [4.69, 9.17) is 5.26 Å². The summed E-state index contributed by atoms with van der Waals surface area (Å²) >= 11 is 3.53. The van der Waals surface area contributed by atoms with Gasteiger partial charge < -0.3 is 0 Å². The second kappa shape index (κ2) is 5.07. The highest BCUT2D eigenvalue weighted by Gasteiger charge is 2.26. The molecule has 0 spiro atoms. The molecule has 2 nitrogen and oxygen atoms in total. The zero-order valence-corrected chi connectivity index (χ0v) is 12.1. The molecule has 0 radical (unpaired) electrons. The molecule has 20 heavy (non-hydrogen) atoms. The highest BCUT2D eigenvalue weighted by Crippen LogP contribution is 2.34. The quantitative estimate of drug-likeness (QED) is 0.741. The summed E-state index contributed by atoms with van der Waals surface area (Å²) in [4.78, 5) is 12.4. The van der Waals surface area contributed by atoms with Gasteiger partial charge in [0.2, 0.25) is 0 Å². The van der Waals surface area contributed by atoms with Crippen LogP contribution in [0.2, 0.25) is 0 Å². The maximum atomic E-state index is 12.4. The number of allylic oxidation sites excluding steroid dienone is 1. The lowest BCUT2D eigenvalue weighted by atomic mass is 10.1. The molecule has 0 saturated carbocycles. The van der Waals surface area contributed by atoms with Crippen molar-refractivity contribution in [3.63, 3.8) is 0 Å². The van der Waals surface area contributed by atoms with E-state index in [0.29, 0.717) is 12.0 Å². The molecule has 1 aliphatic rings.